The summed E-state index contributed by atoms with van der Waals surface area (Å²) >= 11 is 1.32. The molecule has 0 unspecified atom stereocenters. The summed E-state index contributed by atoms with van der Waals surface area (Å²) in [6, 6.07) is 0. The highest BCUT2D eigenvalue weighted by Crippen LogP contribution is 2.08. The number of Topliss-reactive ketones (excluding diaryl/α,β-unsaturated/α-hetero) is 1. The van der Waals surface area contributed by atoms with Gasteiger partial charge in [-0.2, -0.15) is 0 Å². The van der Waals surface area contributed by atoms with Crippen molar-refractivity contribution in [3.63, 3.8) is 0 Å². The van der Waals surface area contributed by atoms with E-state index in [4.69, 9.17) is 0 Å². The second-order valence-corrected chi connectivity index (χ2v) is 5.32. The second kappa shape index (κ2) is 7.09. The van der Waals surface area contributed by atoms with Crippen LogP contribution in [0.1, 0.15) is 19.8 Å². The van der Waals surface area contributed by atoms with Gasteiger partial charge in [-0.1, -0.05) is 24.9 Å². The van der Waals surface area contributed by atoms with E-state index in [1.165, 1.54) is 11.8 Å². The Balaban J connectivity index is 3.58. The normalized spacial score (nSPS) is 9.69. The molecule has 0 bridgehead atoms. The first-order valence-corrected chi connectivity index (χ1v) is 6.76. The Morgan fingerprint density at radius 1 is 1.38 bits per heavy atom. The number of rotatable bonds is 6. The molecule has 0 aliphatic rings. The van der Waals surface area contributed by atoms with Gasteiger partial charge >= 0.3 is 0 Å². The molecule has 0 aromatic rings. The average Bonchev–Trinajstić information content (AvgIpc) is 2.10. The van der Waals surface area contributed by atoms with Crippen LogP contribution in [-0.4, -0.2) is 25.8 Å². The molecular formula is C9H14O2SSi. The number of hydrogen-bond acceptors (Lipinski definition) is 3. The molecule has 2 nitrogen and oxygen atoms in total. The number of ketones is 1. The van der Waals surface area contributed by atoms with Crippen molar-refractivity contribution in [2.75, 3.05) is 5.38 Å². The maximum Gasteiger partial charge on any atom is 0.189 e. The van der Waals surface area contributed by atoms with Gasteiger partial charge in [-0.3, -0.25) is 9.59 Å². The van der Waals surface area contributed by atoms with Crippen LogP contribution < -0.4 is 0 Å². The zero-order chi connectivity index (χ0) is 10.3. The van der Waals surface area contributed by atoms with Gasteiger partial charge in [0.1, 0.15) is 0 Å². The van der Waals surface area contributed by atoms with Gasteiger partial charge in [-0.25, -0.2) is 0 Å². The van der Waals surface area contributed by atoms with Crippen LogP contribution >= 0.6 is 11.8 Å². The molecule has 4 heteroatoms. The first kappa shape index (κ1) is 12.6. The van der Waals surface area contributed by atoms with Crippen molar-refractivity contribution in [2.24, 2.45) is 0 Å². The van der Waals surface area contributed by atoms with E-state index in [0.29, 0.717) is 18.4 Å². The lowest BCUT2D eigenvalue weighted by molar-refractivity contribution is -0.118. The molecular weight excluding hydrogens is 200 g/mol. The van der Waals surface area contributed by atoms with Gasteiger partial charge in [-0.05, 0) is 17.9 Å². The summed E-state index contributed by atoms with van der Waals surface area (Å²) in [6.45, 7) is 7.26. The fourth-order valence-electron chi connectivity index (χ4n) is 0.654. The van der Waals surface area contributed by atoms with Crippen molar-refractivity contribution in [3.8, 4) is 0 Å². The van der Waals surface area contributed by atoms with Crippen LogP contribution in [0.15, 0.2) is 12.2 Å². The summed E-state index contributed by atoms with van der Waals surface area (Å²) in [5, 5.41) is 0.990. The van der Waals surface area contributed by atoms with Crippen LogP contribution in [-0.2, 0) is 9.59 Å². The number of thioether (sulfide) groups is 1. The molecule has 0 N–H and O–H groups in total. The zero-order valence-electron chi connectivity index (χ0n) is 8.05. The van der Waals surface area contributed by atoms with E-state index < -0.39 is 0 Å². The summed E-state index contributed by atoms with van der Waals surface area (Å²) in [5.41, 5.74) is 0.537. The molecule has 72 valence electrons. The molecule has 0 aliphatic heterocycles. The van der Waals surface area contributed by atoms with Gasteiger partial charge in [0.05, 0.1) is 0 Å². The van der Waals surface area contributed by atoms with Crippen LogP contribution in [0.4, 0.5) is 0 Å². The highest BCUT2D eigenvalue weighted by molar-refractivity contribution is 8.14. The Morgan fingerprint density at radius 3 is 2.46 bits per heavy atom. The molecule has 0 rings (SSSR count). The van der Waals surface area contributed by atoms with Gasteiger partial charge in [0.2, 0.25) is 0 Å². The van der Waals surface area contributed by atoms with Gasteiger partial charge in [-0.15, -0.1) is 0 Å². The molecule has 0 spiro atoms. The number of carbonyl (C=O) groups is 2. The lowest BCUT2D eigenvalue weighted by atomic mass is 10.1. The van der Waals surface area contributed by atoms with Crippen molar-refractivity contribution >= 4 is 32.2 Å². The minimum atomic E-state index is -0.00658. The molecule has 0 saturated carbocycles. The van der Waals surface area contributed by atoms with Crippen molar-refractivity contribution < 1.29 is 9.59 Å². The maximum atomic E-state index is 11.1. The van der Waals surface area contributed by atoms with Crippen LogP contribution in [0.25, 0.3) is 0 Å². The van der Waals surface area contributed by atoms with Crippen LogP contribution in [0.5, 0.6) is 0 Å². The topological polar surface area (TPSA) is 34.1 Å². The molecule has 0 aliphatic carbocycles. The zero-order valence-corrected chi connectivity index (χ0v) is 9.87. The molecule has 13 heavy (non-hydrogen) atoms. The fraction of sp³-hybridized carbons (Fsp3) is 0.556. The molecule has 0 aromatic carbocycles. The van der Waals surface area contributed by atoms with Crippen molar-refractivity contribution in [1.29, 1.82) is 0 Å². The smallest absolute Gasteiger partial charge is 0.189 e. The minimum Gasteiger partial charge on any atom is -0.295 e. The van der Waals surface area contributed by atoms with Gasteiger partial charge in [0.15, 0.2) is 10.9 Å². The summed E-state index contributed by atoms with van der Waals surface area (Å²) in [5.74, 6) is -0.00658. The lowest BCUT2D eigenvalue weighted by Gasteiger charge is -1.98. The second-order valence-electron chi connectivity index (χ2n) is 2.72. The van der Waals surface area contributed by atoms with E-state index in [1.807, 2.05) is 0 Å². The molecule has 0 atom stereocenters. The molecule has 0 saturated heterocycles. The Morgan fingerprint density at radius 2 is 2.00 bits per heavy atom. The van der Waals surface area contributed by atoms with Crippen molar-refractivity contribution in [2.45, 2.75) is 26.3 Å². The summed E-state index contributed by atoms with van der Waals surface area (Å²) < 4.78 is 0. The number of carbonyl (C=O) groups excluding carboxylic acids is 2. The fourth-order valence-corrected chi connectivity index (χ4v) is 2.12. The maximum absolute atomic E-state index is 11.1. The highest BCUT2D eigenvalue weighted by Gasteiger charge is 2.07. The third-order valence-electron chi connectivity index (χ3n) is 1.41. The van der Waals surface area contributed by atoms with Crippen LogP contribution in [0, 0.1) is 0 Å². The highest BCUT2D eigenvalue weighted by atomic mass is 32.2. The van der Waals surface area contributed by atoms with Crippen molar-refractivity contribution in [1.82, 2.24) is 0 Å². The predicted molar refractivity (Wildman–Crippen MR) is 58.1 cm³/mol. The average molecular weight is 214 g/mol. The molecule has 0 amide bonds. The third kappa shape index (κ3) is 6.78. The predicted octanol–water partition coefficient (Wildman–Crippen LogP) is 1.88. The van der Waals surface area contributed by atoms with E-state index in [0.717, 1.165) is 14.9 Å². The molecule has 0 heterocycles. The first-order chi connectivity index (χ1) is 6.07. The van der Waals surface area contributed by atoms with E-state index in [1.54, 1.807) is 6.92 Å². The van der Waals surface area contributed by atoms with Crippen LogP contribution in [0.2, 0.25) is 6.55 Å². The lowest BCUT2D eigenvalue weighted by Crippen LogP contribution is -2.03. The molecule has 0 aromatic heterocycles. The van der Waals surface area contributed by atoms with E-state index in [-0.39, 0.29) is 10.9 Å². The monoisotopic (exact) mass is 214 g/mol. The Hall–Kier alpha value is -0.353. The summed E-state index contributed by atoms with van der Waals surface area (Å²) in [7, 11) is 0.784. The van der Waals surface area contributed by atoms with E-state index in [9.17, 15) is 9.59 Å². The number of allylic oxidation sites excluding steroid dienone is 1. The third-order valence-corrected chi connectivity index (χ3v) is 3.67. The molecule has 2 radical (unpaired) electrons. The van der Waals surface area contributed by atoms with Gasteiger partial charge in [0.25, 0.3) is 0 Å². The summed E-state index contributed by atoms with van der Waals surface area (Å²) in [6.07, 6.45) is 0.662. The quantitative estimate of drug-likeness (QED) is 0.500. The van der Waals surface area contributed by atoms with Gasteiger partial charge < -0.3 is 0 Å². The Bertz CT molecular complexity index is 214. The minimum absolute atomic E-state index is 0.00658. The molecule has 0 fully saturated rings. The van der Waals surface area contributed by atoms with E-state index >= 15 is 0 Å². The SMILES string of the molecule is C=C(C)C(=O)CCC(=O)SC[Si]C. The Labute approximate surface area is 86.0 Å². The first-order valence-electron chi connectivity index (χ1n) is 4.07. The van der Waals surface area contributed by atoms with Crippen molar-refractivity contribution in [3.05, 3.63) is 12.2 Å². The standard InChI is InChI=1S/C9H14O2SSi/c1-7(2)8(10)4-5-9(11)12-6-13-3/h1,4-6H2,2-3H3. The largest absolute Gasteiger partial charge is 0.295 e. The van der Waals surface area contributed by atoms with E-state index in [2.05, 4.69) is 13.1 Å². The van der Waals surface area contributed by atoms with Crippen LogP contribution in [0.3, 0.4) is 0 Å². The van der Waals surface area contributed by atoms with Gasteiger partial charge in [0, 0.05) is 22.4 Å². The summed E-state index contributed by atoms with van der Waals surface area (Å²) in [4.78, 5) is 22.2. The number of hydrogen-bond donors (Lipinski definition) is 0. The Kier molecular flexibility index (Phi) is 6.90.